The van der Waals surface area contributed by atoms with Gasteiger partial charge in [0.05, 0.1) is 4.92 Å². The number of hydrogen-bond acceptors (Lipinski definition) is 2. The second-order valence-corrected chi connectivity index (χ2v) is 5.92. The highest BCUT2D eigenvalue weighted by Gasteiger charge is 2.24. The summed E-state index contributed by atoms with van der Waals surface area (Å²) in [5.74, 6) is 0.493. The zero-order chi connectivity index (χ0) is 15.1. The largest absolute Gasteiger partial charge is 0.358 e. The Morgan fingerprint density at radius 3 is 2.73 bits per heavy atom. The molecule has 1 N–H and O–H groups in total. The molecule has 0 amide bonds. The quantitative estimate of drug-likeness (QED) is 0.564. The normalized spacial score (nSPS) is 17.4. The number of aromatic nitrogens is 1. The van der Waals surface area contributed by atoms with E-state index in [2.05, 4.69) is 29.2 Å². The maximum atomic E-state index is 11.0. The minimum absolute atomic E-state index is 0.163. The average molecular weight is 292 g/mol. The van der Waals surface area contributed by atoms with Crippen LogP contribution in [0.15, 0.2) is 48.5 Å². The standard InChI is InChI=1S/C18H16N2O2/c21-20(22)14-7-9-18-16(11-14)15-10-13(6-8-17(15)19-18)12-4-2-1-3-5-12/h1-5,7,9,11,13,19H,6,8,10H2. The first-order valence-corrected chi connectivity index (χ1v) is 7.55. The predicted molar refractivity (Wildman–Crippen MR) is 86.2 cm³/mol. The molecule has 0 aliphatic heterocycles. The van der Waals surface area contributed by atoms with Crippen LogP contribution in [0.3, 0.4) is 0 Å². The fraction of sp³-hybridized carbons (Fsp3) is 0.222. The molecule has 0 fully saturated rings. The van der Waals surface area contributed by atoms with Crippen LogP contribution in [0, 0.1) is 10.1 Å². The number of H-pyrrole nitrogens is 1. The van der Waals surface area contributed by atoms with E-state index in [1.807, 2.05) is 12.1 Å². The Labute approximate surface area is 127 Å². The Morgan fingerprint density at radius 1 is 1.14 bits per heavy atom. The Kier molecular flexibility index (Phi) is 2.96. The van der Waals surface area contributed by atoms with E-state index in [1.165, 1.54) is 16.8 Å². The number of rotatable bonds is 2. The summed E-state index contributed by atoms with van der Waals surface area (Å²) >= 11 is 0. The summed E-state index contributed by atoms with van der Waals surface area (Å²) in [4.78, 5) is 14.1. The number of non-ortho nitro benzene ring substituents is 1. The number of nitrogens with zero attached hydrogens (tertiary/aromatic N) is 1. The number of nitrogens with one attached hydrogen (secondary N) is 1. The first-order valence-electron chi connectivity index (χ1n) is 7.55. The lowest BCUT2D eigenvalue weighted by molar-refractivity contribution is -0.384. The van der Waals surface area contributed by atoms with Crippen LogP contribution in [-0.2, 0) is 12.8 Å². The van der Waals surface area contributed by atoms with E-state index < -0.39 is 0 Å². The Bertz CT molecular complexity index is 852. The van der Waals surface area contributed by atoms with E-state index >= 15 is 0 Å². The summed E-state index contributed by atoms with van der Waals surface area (Å²) < 4.78 is 0. The molecule has 1 aliphatic carbocycles. The highest BCUT2D eigenvalue weighted by Crippen LogP contribution is 2.37. The third-order valence-electron chi connectivity index (χ3n) is 4.65. The van der Waals surface area contributed by atoms with Gasteiger partial charge in [-0.05, 0) is 42.4 Å². The van der Waals surface area contributed by atoms with Gasteiger partial charge in [-0.1, -0.05) is 30.3 Å². The molecule has 2 aromatic carbocycles. The molecule has 0 saturated carbocycles. The van der Waals surface area contributed by atoms with Crippen LogP contribution in [0.25, 0.3) is 10.9 Å². The van der Waals surface area contributed by atoms with Gasteiger partial charge < -0.3 is 4.98 Å². The maximum absolute atomic E-state index is 11.0. The monoisotopic (exact) mass is 292 g/mol. The molecule has 1 aromatic heterocycles. The van der Waals surface area contributed by atoms with E-state index in [9.17, 15) is 10.1 Å². The Balaban J connectivity index is 1.78. The smallest absolute Gasteiger partial charge is 0.270 e. The van der Waals surface area contributed by atoms with Crippen molar-refractivity contribution in [3.63, 3.8) is 0 Å². The number of aryl methyl sites for hydroxylation is 1. The van der Waals surface area contributed by atoms with Crippen molar-refractivity contribution < 1.29 is 4.92 Å². The summed E-state index contributed by atoms with van der Waals surface area (Å²) in [6, 6.07) is 15.6. The summed E-state index contributed by atoms with van der Waals surface area (Å²) in [5, 5.41) is 12.0. The number of benzene rings is 2. The van der Waals surface area contributed by atoms with Crippen LogP contribution < -0.4 is 0 Å². The maximum Gasteiger partial charge on any atom is 0.270 e. The fourth-order valence-corrected chi connectivity index (χ4v) is 3.53. The molecule has 0 saturated heterocycles. The van der Waals surface area contributed by atoms with Crippen molar-refractivity contribution in [2.45, 2.75) is 25.2 Å². The molecule has 4 heteroatoms. The van der Waals surface area contributed by atoms with Crippen molar-refractivity contribution in [3.8, 4) is 0 Å². The molecule has 0 spiro atoms. The van der Waals surface area contributed by atoms with Crippen LogP contribution in [0.5, 0.6) is 0 Å². The van der Waals surface area contributed by atoms with Crippen molar-refractivity contribution in [3.05, 3.63) is 75.5 Å². The van der Waals surface area contributed by atoms with Crippen LogP contribution in [-0.4, -0.2) is 9.91 Å². The van der Waals surface area contributed by atoms with Crippen molar-refractivity contribution in [1.82, 2.24) is 4.98 Å². The van der Waals surface area contributed by atoms with E-state index in [4.69, 9.17) is 0 Å². The van der Waals surface area contributed by atoms with Crippen molar-refractivity contribution in [2.24, 2.45) is 0 Å². The van der Waals surface area contributed by atoms with Gasteiger partial charge in [-0.2, -0.15) is 0 Å². The van der Waals surface area contributed by atoms with Crippen molar-refractivity contribution in [2.75, 3.05) is 0 Å². The van der Waals surface area contributed by atoms with Crippen LogP contribution in [0.1, 0.15) is 29.2 Å². The highest BCUT2D eigenvalue weighted by atomic mass is 16.6. The number of nitro groups is 1. The van der Waals surface area contributed by atoms with Gasteiger partial charge in [-0.15, -0.1) is 0 Å². The van der Waals surface area contributed by atoms with E-state index in [0.29, 0.717) is 5.92 Å². The number of nitro benzene ring substituents is 1. The molecule has 0 bridgehead atoms. The van der Waals surface area contributed by atoms with Gasteiger partial charge >= 0.3 is 0 Å². The summed E-state index contributed by atoms with van der Waals surface area (Å²) in [6.07, 6.45) is 3.06. The lowest BCUT2D eigenvalue weighted by Gasteiger charge is -2.22. The van der Waals surface area contributed by atoms with Gasteiger partial charge in [0.15, 0.2) is 0 Å². The molecule has 3 aromatic rings. The third-order valence-corrected chi connectivity index (χ3v) is 4.65. The van der Waals surface area contributed by atoms with Crippen LogP contribution >= 0.6 is 0 Å². The topological polar surface area (TPSA) is 58.9 Å². The summed E-state index contributed by atoms with van der Waals surface area (Å²) in [7, 11) is 0. The molecule has 22 heavy (non-hydrogen) atoms. The fourth-order valence-electron chi connectivity index (χ4n) is 3.53. The number of hydrogen-bond donors (Lipinski definition) is 1. The summed E-state index contributed by atoms with van der Waals surface area (Å²) in [5.41, 5.74) is 5.01. The molecule has 0 radical (unpaired) electrons. The Hall–Kier alpha value is -2.62. The molecular weight excluding hydrogens is 276 g/mol. The second-order valence-electron chi connectivity index (χ2n) is 5.92. The van der Waals surface area contributed by atoms with Crippen molar-refractivity contribution in [1.29, 1.82) is 0 Å². The van der Waals surface area contributed by atoms with Gasteiger partial charge in [0.25, 0.3) is 5.69 Å². The summed E-state index contributed by atoms with van der Waals surface area (Å²) in [6.45, 7) is 0. The average Bonchev–Trinajstić information content (AvgIpc) is 2.92. The molecule has 1 unspecified atom stereocenters. The van der Waals surface area contributed by atoms with Gasteiger partial charge in [-0.3, -0.25) is 10.1 Å². The van der Waals surface area contributed by atoms with Gasteiger partial charge in [0, 0.05) is 28.7 Å². The minimum atomic E-state index is -0.323. The molecule has 1 atom stereocenters. The van der Waals surface area contributed by atoms with E-state index in [1.54, 1.807) is 12.1 Å². The molecular formula is C18H16N2O2. The van der Waals surface area contributed by atoms with E-state index in [-0.39, 0.29) is 10.6 Å². The first kappa shape index (κ1) is 13.1. The molecule has 1 aliphatic rings. The molecule has 4 nitrogen and oxygen atoms in total. The third kappa shape index (κ3) is 2.08. The van der Waals surface area contributed by atoms with E-state index in [0.717, 1.165) is 30.2 Å². The number of fused-ring (bicyclic) bond motifs is 3. The molecule has 4 rings (SSSR count). The zero-order valence-corrected chi connectivity index (χ0v) is 12.1. The highest BCUT2D eigenvalue weighted by molar-refractivity contribution is 5.87. The zero-order valence-electron chi connectivity index (χ0n) is 12.1. The van der Waals surface area contributed by atoms with Crippen LogP contribution in [0.4, 0.5) is 5.69 Å². The van der Waals surface area contributed by atoms with Gasteiger partial charge in [0.1, 0.15) is 0 Å². The molecule has 110 valence electrons. The minimum Gasteiger partial charge on any atom is -0.358 e. The van der Waals surface area contributed by atoms with Crippen molar-refractivity contribution >= 4 is 16.6 Å². The van der Waals surface area contributed by atoms with Gasteiger partial charge in [-0.25, -0.2) is 0 Å². The second kappa shape index (κ2) is 4.98. The Morgan fingerprint density at radius 2 is 1.95 bits per heavy atom. The van der Waals surface area contributed by atoms with Gasteiger partial charge in [0.2, 0.25) is 0 Å². The lowest BCUT2D eigenvalue weighted by Crippen LogP contribution is -2.11. The lowest BCUT2D eigenvalue weighted by atomic mass is 9.82. The van der Waals surface area contributed by atoms with Crippen LogP contribution in [0.2, 0.25) is 0 Å². The molecule has 1 heterocycles. The predicted octanol–water partition coefficient (Wildman–Crippen LogP) is 4.35. The first-order chi connectivity index (χ1) is 10.7. The number of aromatic amines is 1. The SMILES string of the molecule is O=[N+]([O-])c1ccc2[nH]c3c(c2c1)CC(c1ccccc1)CC3.